The largest absolute Gasteiger partial charge is 0.497 e. The van der Waals surface area contributed by atoms with Gasteiger partial charge in [0.2, 0.25) is 11.5 Å². The Kier molecular flexibility index (Phi) is 11.4. The van der Waals surface area contributed by atoms with E-state index in [9.17, 15) is 4.79 Å². The fraction of sp³-hybridized carbons (Fsp3) is 0.333. The van der Waals surface area contributed by atoms with Crippen molar-refractivity contribution < 1.29 is 52.3 Å². The molecule has 1 amide bonds. The Bertz CT molecular complexity index is 1930. The average Bonchev–Trinajstić information content (AvgIpc) is 3.70. The van der Waals surface area contributed by atoms with Crippen LogP contribution >= 0.6 is 0 Å². The molecule has 2 N–H and O–H groups in total. The molecule has 2 aliphatic rings. The molecule has 14 heteroatoms. The van der Waals surface area contributed by atoms with Crippen LogP contribution in [-0.4, -0.2) is 74.6 Å². The second kappa shape index (κ2) is 16.4. The van der Waals surface area contributed by atoms with Gasteiger partial charge in [0.25, 0.3) is 5.91 Å². The molecule has 4 aromatic carbocycles. The molecule has 53 heavy (non-hydrogen) atoms. The van der Waals surface area contributed by atoms with Crippen LogP contribution in [0.4, 0.5) is 5.69 Å². The van der Waals surface area contributed by atoms with E-state index in [0.29, 0.717) is 94.8 Å². The lowest BCUT2D eigenvalue weighted by molar-refractivity contribution is 0.0853. The lowest BCUT2D eigenvalue weighted by Gasteiger charge is -2.28. The van der Waals surface area contributed by atoms with Gasteiger partial charge < -0.3 is 58.1 Å². The molecule has 2 heterocycles. The van der Waals surface area contributed by atoms with E-state index in [1.165, 1.54) is 0 Å². The van der Waals surface area contributed by atoms with Gasteiger partial charge in [-0.1, -0.05) is 11.2 Å². The monoisotopic (exact) mass is 729 g/mol. The highest BCUT2D eigenvalue weighted by Crippen LogP contribution is 2.44. The van der Waals surface area contributed by atoms with Crippen LogP contribution in [0.5, 0.6) is 51.7 Å². The van der Waals surface area contributed by atoms with Gasteiger partial charge in [-0.05, 0) is 60.2 Å². The molecule has 280 valence electrons. The van der Waals surface area contributed by atoms with Gasteiger partial charge in [-0.15, -0.1) is 0 Å². The standard InChI is InChI=1S/C39H43N3O11/c1-44-25-10-11-27-26(20-25)39(43)41-38(40-27)22-9-12-29(31(15-22)45-2)51-13-8-14-52-37-34(48-5)16-23(17-35(37)49-6)28-21-30(53-42-28)24-18-32(46-3)36(50-7)33(19-24)47-4/h9-12,15-20,30,38,40H,8,13-14,21H2,1-7H3,(H,41,43). The summed E-state index contributed by atoms with van der Waals surface area (Å²) in [6, 6.07) is 18.3. The molecule has 0 aromatic heterocycles. The molecule has 6 rings (SSSR count). The van der Waals surface area contributed by atoms with E-state index in [0.717, 1.165) is 16.7 Å². The highest BCUT2D eigenvalue weighted by atomic mass is 16.6. The van der Waals surface area contributed by atoms with Gasteiger partial charge in [-0.25, -0.2) is 0 Å². The number of ether oxygens (including phenoxy) is 9. The Balaban J connectivity index is 1.06. The minimum atomic E-state index is -0.451. The van der Waals surface area contributed by atoms with Crippen LogP contribution in [0.1, 0.15) is 52.2 Å². The summed E-state index contributed by atoms with van der Waals surface area (Å²) in [5, 5.41) is 10.7. The first kappa shape index (κ1) is 36.6. The highest BCUT2D eigenvalue weighted by Gasteiger charge is 2.29. The fourth-order valence-electron chi connectivity index (χ4n) is 6.13. The maximum atomic E-state index is 12.8. The summed E-state index contributed by atoms with van der Waals surface area (Å²) in [7, 11) is 11.0. The van der Waals surface area contributed by atoms with Crippen molar-refractivity contribution in [2.24, 2.45) is 5.16 Å². The number of hydrogen-bond donors (Lipinski definition) is 2. The molecule has 0 spiro atoms. The SMILES string of the molecule is COc1ccc2c(c1)C(=O)NC(c1ccc(OCCCOc3c(OC)cc(C4=NOC(c5cc(OC)c(OC)c(OC)c5)C4)cc3OC)c(OC)c1)N2. The first-order chi connectivity index (χ1) is 25.8. The van der Waals surface area contributed by atoms with Gasteiger partial charge in [-0.3, -0.25) is 4.79 Å². The number of fused-ring (bicyclic) bond motifs is 1. The molecule has 0 saturated heterocycles. The third-order valence-electron chi connectivity index (χ3n) is 8.88. The maximum Gasteiger partial charge on any atom is 0.255 e. The number of methoxy groups -OCH3 is 7. The number of oxime groups is 1. The zero-order valence-electron chi connectivity index (χ0n) is 30.7. The first-order valence-corrected chi connectivity index (χ1v) is 16.8. The van der Waals surface area contributed by atoms with Crippen molar-refractivity contribution in [3.05, 3.63) is 82.9 Å². The topological polar surface area (TPSA) is 146 Å². The average molecular weight is 730 g/mol. The Morgan fingerprint density at radius 3 is 1.92 bits per heavy atom. The normalized spacial score (nSPS) is 15.8. The zero-order chi connectivity index (χ0) is 37.5. The summed E-state index contributed by atoms with van der Waals surface area (Å²) in [4.78, 5) is 18.7. The van der Waals surface area contributed by atoms with Gasteiger partial charge in [0, 0.05) is 29.7 Å². The smallest absolute Gasteiger partial charge is 0.255 e. The Hall–Kier alpha value is -6.18. The van der Waals surface area contributed by atoms with Crippen molar-refractivity contribution in [3.8, 4) is 51.7 Å². The summed E-state index contributed by atoms with van der Waals surface area (Å²) >= 11 is 0. The van der Waals surface area contributed by atoms with Crippen molar-refractivity contribution >= 4 is 17.3 Å². The number of nitrogens with one attached hydrogen (secondary N) is 2. The van der Waals surface area contributed by atoms with Crippen molar-refractivity contribution in [3.63, 3.8) is 0 Å². The number of anilines is 1. The predicted octanol–water partition coefficient (Wildman–Crippen LogP) is 6.31. The summed E-state index contributed by atoms with van der Waals surface area (Å²) < 4.78 is 51.0. The number of hydrogen-bond acceptors (Lipinski definition) is 13. The molecule has 0 saturated carbocycles. The van der Waals surface area contributed by atoms with Gasteiger partial charge >= 0.3 is 0 Å². The van der Waals surface area contributed by atoms with E-state index < -0.39 is 6.17 Å². The van der Waals surface area contributed by atoms with E-state index in [1.54, 1.807) is 61.9 Å². The number of benzene rings is 4. The van der Waals surface area contributed by atoms with Crippen LogP contribution in [0.2, 0.25) is 0 Å². The van der Waals surface area contributed by atoms with Gasteiger partial charge in [-0.2, -0.15) is 0 Å². The molecular formula is C39H43N3O11. The minimum absolute atomic E-state index is 0.202. The van der Waals surface area contributed by atoms with Gasteiger partial charge in [0.1, 0.15) is 11.9 Å². The molecule has 0 fully saturated rings. The third kappa shape index (κ3) is 7.71. The Morgan fingerprint density at radius 2 is 1.28 bits per heavy atom. The van der Waals surface area contributed by atoms with E-state index >= 15 is 0 Å². The highest BCUT2D eigenvalue weighted by molar-refractivity contribution is 6.03. The molecule has 4 aromatic rings. The van der Waals surface area contributed by atoms with Crippen molar-refractivity contribution in [2.45, 2.75) is 25.1 Å². The number of rotatable bonds is 16. The summed E-state index contributed by atoms with van der Waals surface area (Å²) in [6.07, 6.45) is 0.222. The lowest BCUT2D eigenvalue weighted by atomic mass is 9.99. The second-order valence-electron chi connectivity index (χ2n) is 11.9. The number of amides is 1. The maximum absolute atomic E-state index is 12.8. The van der Waals surface area contributed by atoms with Crippen LogP contribution in [0, 0.1) is 0 Å². The van der Waals surface area contributed by atoms with Gasteiger partial charge in [0.05, 0.1) is 74.3 Å². The van der Waals surface area contributed by atoms with Crippen LogP contribution < -0.4 is 53.3 Å². The van der Waals surface area contributed by atoms with Gasteiger partial charge in [0.15, 0.2) is 40.6 Å². The Morgan fingerprint density at radius 1 is 0.642 bits per heavy atom. The fourth-order valence-corrected chi connectivity index (χ4v) is 6.13. The number of carbonyl (C=O) groups is 1. The van der Waals surface area contributed by atoms with Crippen LogP contribution in [0.25, 0.3) is 0 Å². The molecule has 2 aliphatic heterocycles. The predicted molar refractivity (Wildman–Crippen MR) is 196 cm³/mol. The van der Waals surface area contributed by atoms with E-state index in [-0.39, 0.29) is 12.0 Å². The quantitative estimate of drug-likeness (QED) is 0.125. The zero-order valence-corrected chi connectivity index (χ0v) is 30.7. The van der Waals surface area contributed by atoms with Crippen molar-refractivity contribution in [1.82, 2.24) is 5.32 Å². The number of nitrogens with zero attached hydrogens (tertiary/aromatic N) is 1. The molecule has 14 nitrogen and oxygen atoms in total. The van der Waals surface area contributed by atoms with Crippen LogP contribution in [0.3, 0.4) is 0 Å². The first-order valence-electron chi connectivity index (χ1n) is 16.8. The summed E-state index contributed by atoms with van der Waals surface area (Å²) in [6.45, 7) is 0.671. The van der Waals surface area contributed by atoms with Crippen LogP contribution in [-0.2, 0) is 4.84 Å². The number of carbonyl (C=O) groups excluding carboxylic acids is 1. The summed E-state index contributed by atoms with van der Waals surface area (Å²) in [5.41, 5.74) is 4.35. The molecular weight excluding hydrogens is 686 g/mol. The minimum Gasteiger partial charge on any atom is -0.497 e. The van der Waals surface area contributed by atoms with E-state index in [4.69, 9.17) is 47.5 Å². The molecule has 0 aliphatic carbocycles. The second-order valence-corrected chi connectivity index (χ2v) is 11.9. The van der Waals surface area contributed by atoms with Crippen molar-refractivity contribution in [1.29, 1.82) is 0 Å². The molecule has 0 bridgehead atoms. The lowest BCUT2D eigenvalue weighted by Crippen LogP contribution is -2.38. The van der Waals surface area contributed by atoms with E-state index in [2.05, 4.69) is 15.8 Å². The van der Waals surface area contributed by atoms with Crippen molar-refractivity contribution in [2.75, 3.05) is 68.3 Å². The molecule has 2 atom stereocenters. The Labute approximate surface area is 307 Å². The third-order valence-corrected chi connectivity index (χ3v) is 8.88. The van der Waals surface area contributed by atoms with Crippen LogP contribution in [0.15, 0.2) is 65.8 Å². The molecule has 0 radical (unpaired) electrons. The van der Waals surface area contributed by atoms with E-state index in [1.807, 2.05) is 48.5 Å². The molecule has 2 unspecified atom stereocenters. The summed E-state index contributed by atoms with van der Waals surface area (Å²) in [5.74, 6) is 4.50.